The number of carbonyl (C=O) groups is 1. The fourth-order valence-corrected chi connectivity index (χ4v) is 5.02. The van der Waals surface area contributed by atoms with E-state index in [0.29, 0.717) is 4.57 Å². The van der Waals surface area contributed by atoms with E-state index >= 15 is 4.39 Å². The van der Waals surface area contributed by atoms with E-state index < -0.39 is 67.5 Å². The molecule has 1 saturated heterocycles. The van der Waals surface area contributed by atoms with E-state index in [1.165, 1.54) is 19.1 Å². The Labute approximate surface area is 210 Å². The van der Waals surface area contributed by atoms with Gasteiger partial charge in [0.05, 0.1) is 6.10 Å². The lowest BCUT2D eigenvalue weighted by Crippen LogP contribution is -2.50. The number of carbonyl (C=O) groups excluding carboxylic acids is 1. The smallest absolute Gasteiger partial charge is 0.459 e. The van der Waals surface area contributed by atoms with Crippen molar-refractivity contribution in [3.05, 3.63) is 63.4 Å². The Balaban J connectivity index is 1.86. The molecule has 0 unspecified atom stereocenters. The van der Waals surface area contributed by atoms with Crippen molar-refractivity contribution < 1.29 is 42.5 Å². The van der Waals surface area contributed by atoms with Crippen molar-refractivity contribution >= 4 is 13.7 Å². The first-order valence-corrected chi connectivity index (χ1v) is 12.8. The minimum atomic E-state index is -4.55. The molecule has 6 atom stereocenters. The van der Waals surface area contributed by atoms with Gasteiger partial charge in [-0.1, -0.05) is 18.2 Å². The van der Waals surface area contributed by atoms with Crippen LogP contribution in [0.4, 0.5) is 4.39 Å². The van der Waals surface area contributed by atoms with Gasteiger partial charge in [0.2, 0.25) is 0 Å². The van der Waals surface area contributed by atoms with Gasteiger partial charge in [-0.3, -0.25) is 23.7 Å². The van der Waals surface area contributed by atoms with Crippen LogP contribution in [0.5, 0.6) is 5.75 Å². The largest absolute Gasteiger partial charge is 0.462 e. The highest BCUT2D eigenvalue weighted by molar-refractivity contribution is 7.52. The standard InChI is InChI=1S/C22H29FN3O10P/c1-13(2)34-17(28)14(3)25-37(32,36-15-8-6-5-7-9-15)33-12-22(23)18(29)21(4,31)19(35-22)26-11-10-16(27)24-20(26)30/h5-11,13-14,18-19,29,31H,12H2,1-4H3,(H,25,32)(H,24,27,30)/t14-,18+,19-,21-,22-,37+/m1/s1. The molecule has 0 saturated carbocycles. The molecule has 0 amide bonds. The molecule has 4 N–H and O–H groups in total. The first kappa shape index (κ1) is 28.7. The van der Waals surface area contributed by atoms with E-state index in [0.717, 1.165) is 19.2 Å². The van der Waals surface area contributed by atoms with Crippen molar-refractivity contribution in [2.45, 2.75) is 63.6 Å². The average Bonchev–Trinajstić information content (AvgIpc) is 2.98. The summed E-state index contributed by atoms with van der Waals surface area (Å²) in [6, 6.07) is 7.38. The second-order valence-electron chi connectivity index (χ2n) is 8.91. The number of esters is 1. The highest BCUT2D eigenvalue weighted by atomic mass is 31.2. The fraction of sp³-hybridized carbons (Fsp3) is 0.500. The van der Waals surface area contributed by atoms with Crippen LogP contribution in [0.25, 0.3) is 0 Å². The van der Waals surface area contributed by atoms with Crippen molar-refractivity contribution in [1.29, 1.82) is 0 Å². The van der Waals surface area contributed by atoms with Crippen molar-refractivity contribution in [3.63, 3.8) is 0 Å². The molecule has 15 heteroatoms. The summed E-state index contributed by atoms with van der Waals surface area (Å²) in [6.07, 6.45) is -3.63. The SMILES string of the molecule is CC(C)OC(=O)[C@@H](C)N[P@](=O)(OC[C@@]1(F)O[C@@H](n2ccc(=O)[nH]c2=O)[C@](C)(O)[C@@H]1O)Oc1ccccc1. The molecule has 2 aromatic rings. The van der Waals surface area contributed by atoms with Gasteiger partial charge in [0, 0.05) is 12.3 Å². The van der Waals surface area contributed by atoms with Crippen LogP contribution in [0.1, 0.15) is 33.9 Å². The number of aromatic amines is 1. The summed E-state index contributed by atoms with van der Waals surface area (Å²) >= 11 is 0. The van der Waals surface area contributed by atoms with Gasteiger partial charge in [0.15, 0.2) is 6.23 Å². The molecule has 3 rings (SSSR count). The number of rotatable bonds is 10. The van der Waals surface area contributed by atoms with Gasteiger partial charge in [-0.2, -0.15) is 5.09 Å². The highest BCUT2D eigenvalue weighted by Crippen LogP contribution is 2.50. The summed E-state index contributed by atoms with van der Waals surface area (Å²) < 4.78 is 51.0. The maximum atomic E-state index is 15.8. The number of ether oxygens (including phenoxy) is 2. The minimum absolute atomic E-state index is 0.0493. The number of aliphatic hydroxyl groups excluding tert-OH is 1. The molecule has 1 aromatic carbocycles. The predicted molar refractivity (Wildman–Crippen MR) is 126 cm³/mol. The van der Waals surface area contributed by atoms with E-state index in [2.05, 4.69) is 5.09 Å². The third kappa shape index (κ3) is 6.53. The topological polar surface area (TPSA) is 178 Å². The number of aromatic nitrogens is 2. The molecule has 1 aromatic heterocycles. The number of para-hydroxylation sites is 1. The van der Waals surface area contributed by atoms with E-state index in [4.69, 9.17) is 18.5 Å². The lowest BCUT2D eigenvalue weighted by atomic mass is 9.95. The maximum absolute atomic E-state index is 15.8. The molecular weight excluding hydrogens is 516 g/mol. The quantitative estimate of drug-likeness (QED) is 0.247. The highest BCUT2D eigenvalue weighted by Gasteiger charge is 2.63. The van der Waals surface area contributed by atoms with Gasteiger partial charge in [-0.15, -0.1) is 0 Å². The van der Waals surface area contributed by atoms with Crippen molar-refractivity contribution in [1.82, 2.24) is 14.6 Å². The first-order chi connectivity index (χ1) is 17.2. The number of halogens is 1. The van der Waals surface area contributed by atoms with Gasteiger partial charge < -0.3 is 24.2 Å². The molecule has 0 radical (unpaired) electrons. The fourth-order valence-electron chi connectivity index (χ4n) is 3.51. The number of nitrogens with zero attached hydrogens (tertiary/aromatic N) is 1. The Morgan fingerprint density at radius 1 is 1.27 bits per heavy atom. The van der Waals surface area contributed by atoms with Crippen molar-refractivity contribution in [2.75, 3.05) is 6.61 Å². The van der Waals surface area contributed by atoms with Crippen molar-refractivity contribution in [3.8, 4) is 5.75 Å². The molecule has 1 aliphatic rings. The number of benzene rings is 1. The Morgan fingerprint density at radius 2 is 1.92 bits per heavy atom. The van der Waals surface area contributed by atoms with E-state index in [9.17, 15) is 29.2 Å². The molecule has 204 valence electrons. The Hall–Kier alpha value is -2.87. The molecule has 1 fully saturated rings. The van der Waals surface area contributed by atoms with Crippen molar-refractivity contribution in [2.24, 2.45) is 0 Å². The van der Waals surface area contributed by atoms with Gasteiger partial charge >= 0.3 is 19.4 Å². The monoisotopic (exact) mass is 545 g/mol. The Bertz CT molecular complexity index is 1270. The normalized spacial score (nSPS) is 28.0. The summed E-state index contributed by atoms with van der Waals surface area (Å²) in [6.45, 7) is 4.29. The van der Waals surface area contributed by atoms with Gasteiger partial charge in [-0.25, -0.2) is 13.8 Å². The molecule has 0 spiro atoms. The molecule has 1 aliphatic heterocycles. The number of alkyl halides is 1. The molecule has 0 bridgehead atoms. The number of hydrogen-bond donors (Lipinski definition) is 4. The van der Waals surface area contributed by atoms with Gasteiger partial charge in [0.25, 0.3) is 11.4 Å². The summed E-state index contributed by atoms with van der Waals surface area (Å²) in [5.41, 5.74) is -4.18. The van der Waals surface area contributed by atoms with Crippen LogP contribution < -0.4 is 20.9 Å². The maximum Gasteiger partial charge on any atom is 0.459 e. The van der Waals surface area contributed by atoms with E-state index in [1.807, 2.05) is 4.98 Å². The van der Waals surface area contributed by atoms with Crippen LogP contribution in [-0.2, 0) is 23.4 Å². The second kappa shape index (κ2) is 10.9. The third-order valence-corrected chi connectivity index (χ3v) is 6.95. The summed E-state index contributed by atoms with van der Waals surface area (Å²) in [4.78, 5) is 37.7. The summed E-state index contributed by atoms with van der Waals surface area (Å²) in [5, 5.41) is 23.7. The molecule has 0 aliphatic carbocycles. The van der Waals surface area contributed by atoms with Crippen LogP contribution in [0.3, 0.4) is 0 Å². The van der Waals surface area contributed by atoms with Gasteiger partial charge in [0.1, 0.15) is 30.1 Å². The lowest BCUT2D eigenvalue weighted by Gasteiger charge is -2.29. The zero-order chi connectivity index (χ0) is 27.6. The summed E-state index contributed by atoms with van der Waals surface area (Å²) in [7, 11) is -4.55. The van der Waals surface area contributed by atoms with Crippen LogP contribution in [-0.4, -0.2) is 62.0 Å². The van der Waals surface area contributed by atoms with E-state index in [1.54, 1.807) is 32.0 Å². The van der Waals surface area contributed by atoms with Crippen LogP contribution in [0.15, 0.2) is 52.2 Å². The zero-order valence-corrected chi connectivity index (χ0v) is 21.4. The summed E-state index contributed by atoms with van der Waals surface area (Å²) in [5.74, 6) is -3.95. The number of aliphatic hydroxyl groups is 2. The second-order valence-corrected chi connectivity index (χ2v) is 10.6. The van der Waals surface area contributed by atoms with Crippen LogP contribution in [0.2, 0.25) is 0 Å². The zero-order valence-electron chi connectivity index (χ0n) is 20.5. The minimum Gasteiger partial charge on any atom is -0.462 e. The molecule has 37 heavy (non-hydrogen) atoms. The lowest BCUT2D eigenvalue weighted by molar-refractivity contribution is -0.204. The number of nitrogens with one attached hydrogen (secondary N) is 2. The molecular formula is C22H29FN3O10P. The van der Waals surface area contributed by atoms with E-state index in [-0.39, 0.29) is 5.75 Å². The first-order valence-electron chi connectivity index (χ1n) is 11.2. The average molecular weight is 545 g/mol. The molecule has 13 nitrogen and oxygen atoms in total. The number of H-pyrrole nitrogens is 1. The van der Waals surface area contributed by atoms with Crippen LogP contribution >= 0.6 is 7.75 Å². The number of hydrogen-bond acceptors (Lipinski definition) is 10. The Kier molecular flexibility index (Phi) is 8.42. The van der Waals surface area contributed by atoms with Gasteiger partial charge in [-0.05, 0) is 39.8 Å². The Morgan fingerprint density at radius 3 is 2.51 bits per heavy atom. The predicted octanol–water partition coefficient (Wildman–Crippen LogP) is 0.977. The third-order valence-electron chi connectivity index (χ3n) is 5.33. The molecule has 2 heterocycles. The van der Waals surface area contributed by atoms with Crippen LogP contribution in [0, 0.1) is 0 Å².